The number of fused-ring (bicyclic) bond motifs is 1. The Balaban J connectivity index is 1.60. The van der Waals surface area contributed by atoms with Crippen LogP contribution in [0.15, 0.2) is 48.8 Å². The van der Waals surface area contributed by atoms with Gasteiger partial charge in [-0.25, -0.2) is 18.6 Å². The van der Waals surface area contributed by atoms with Crippen LogP contribution in [0.1, 0.15) is 10.5 Å². The second-order valence-electron chi connectivity index (χ2n) is 4.84. The highest BCUT2D eigenvalue weighted by Crippen LogP contribution is 2.14. The maximum Gasteiger partial charge on any atom is 0.359 e. The number of aromatic nitrogens is 2. The van der Waals surface area contributed by atoms with Gasteiger partial charge in [-0.3, -0.25) is 4.79 Å². The molecule has 2 heterocycles. The number of carbonyl (C=O) groups excluding carboxylic acids is 2. The minimum Gasteiger partial charge on any atom is -0.451 e. The zero-order chi connectivity index (χ0) is 17.1. The third-order valence-corrected chi connectivity index (χ3v) is 3.11. The first-order valence-corrected chi connectivity index (χ1v) is 6.89. The van der Waals surface area contributed by atoms with Crippen molar-refractivity contribution in [2.24, 2.45) is 0 Å². The van der Waals surface area contributed by atoms with Crippen LogP contribution in [0.25, 0.3) is 5.65 Å². The van der Waals surface area contributed by atoms with Gasteiger partial charge in [-0.1, -0.05) is 6.07 Å². The number of hydrogen-bond acceptors (Lipinski definition) is 4. The van der Waals surface area contributed by atoms with Crippen LogP contribution in [0, 0.1) is 11.6 Å². The molecule has 0 aliphatic rings. The van der Waals surface area contributed by atoms with Crippen LogP contribution in [0.4, 0.5) is 14.5 Å². The molecule has 0 saturated heterocycles. The van der Waals surface area contributed by atoms with Crippen molar-refractivity contribution in [3.63, 3.8) is 0 Å². The molecule has 0 unspecified atom stereocenters. The van der Waals surface area contributed by atoms with E-state index in [4.69, 9.17) is 4.74 Å². The zero-order valence-electron chi connectivity index (χ0n) is 12.2. The molecular formula is C16H11F2N3O3. The van der Waals surface area contributed by atoms with Crippen molar-refractivity contribution >= 4 is 23.2 Å². The molecule has 0 fully saturated rings. The van der Waals surface area contributed by atoms with Gasteiger partial charge >= 0.3 is 5.97 Å². The van der Waals surface area contributed by atoms with Crippen LogP contribution >= 0.6 is 0 Å². The number of amides is 1. The van der Waals surface area contributed by atoms with Gasteiger partial charge < -0.3 is 14.5 Å². The molecule has 0 radical (unpaired) electrons. The van der Waals surface area contributed by atoms with Gasteiger partial charge in [0.15, 0.2) is 12.3 Å². The number of anilines is 1. The number of hydrogen-bond donors (Lipinski definition) is 1. The standard InChI is InChI=1S/C16H11F2N3O3/c17-10-4-5-12(11(18)7-10)20-15(22)9-24-16(23)13-8-21-6-2-1-3-14(21)19-13/h1-8H,9H2,(H,20,22). The fourth-order valence-corrected chi connectivity index (χ4v) is 2.02. The minimum absolute atomic E-state index is 0.0435. The molecule has 0 bridgehead atoms. The van der Waals surface area contributed by atoms with Gasteiger partial charge in [-0.2, -0.15) is 0 Å². The molecule has 0 saturated carbocycles. The molecule has 1 N–H and O–H groups in total. The molecule has 24 heavy (non-hydrogen) atoms. The number of pyridine rings is 1. The molecule has 1 amide bonds. The Morgan fingerprint density at radius 3 is 2.79 bits per heavy atom. The second-order valence-corrected chi connectivity index (χ2v) is 4.84. The molecule has 0 spiro atoms. The lowest BCUT2D eigenvalue weighted by molar-refractivity contribution is -0.119. The van der Waals surface area contributed by atoms with Gasteiger partial charge in [-0.05, 0) is 24.3 Å². The second kappa shape index (κ2) is 6.45. The fourth-order valence-electron chi connectivity index (χ4n) is 2.02. The Bertz CT molecular complexity index is 891. The molecule has 0 atom stereocenters. The third-order valence-electron chi connectivity index (χ3n) is 3.11. The highest BCUT2D eigenvalue weighted by molar-refractivity contribution is 5.95. The Morgan fingerprint density at radius 2 is 2.04 bits per heavy atom. The summed E-state index contributed by atoms with van der Waals surface area (Å²) >= 11 is 0. The molecule has 3 aromatic rings. The predicted molar refractivity (Wildman–Crippen MR) is 80.5 cm³/mol. The number of benzene rings is 1. The van der Waals surface area contributed by atoms with Crippen LogP contribution in [0.5, 0.6) is 0 Å². The monoisotopic (exact) mass is 331 g/mol. The lowest BCUT2D eigenvalue weighted by Crippen LogP contribution is -2.21. The lowest BCUT2D eigenvalue weighted by atomic mass is 10.3. The number of imidazole rings is 1. The van der Waals surface area contributed by atoms with E-state index in [-0.39, 0.29) is 11.4 Å². The summed E-state index contributed by atoms with van der Waals surface area (Å²) in [4.78, 5) is 27.6. The number of esters is 1. The van der Waals surface area contributed by atoms with Crippen LogP contribution in [0.3, 0.4) is 0 Å². The summed E-state index contributed by atoms with van der Waals surface area (Å²) in [5, 5.41) is 2.19. The highest BCUT2D eigenvalue weighted by Gasteiger charge is 2.15. The Morgan fingerprint density at radius 1 is 1.21 bits per heavy atom. The van der Waals surface area contributed by atoms with Crippen molar-refractivity contribution in [2.75, 3.05) is 11.9 Å². The van der Waals surface area contributed by atoms with Gasteiger partial charge in [0, 0.05) is 18.5 Å². The molecule has 2 aromatic heterocycles. The number of halogens is 2. The average molecular weight is 331 g/mol. The van der Waals surface area contributed by atoms with E-state index in [2.05, 4.69) is 10.3 Å². The molecular weight excluding hydrogens is 320 g/mol. The van der Waals surface area contributed by atoms with Crippen molar-refractivity contribution in [1.82, 2.24) is 9.38 Å². The van der Waals surface area contributed by atoms with Crippen LogP contribution < -0.4 is 5.32 Å². The van der Waals surface area contributed by atoms with E-state index in [9.17, 15) is 18.4 Å². The topological polar surface area (TPSA) is 72.7 Å². The zero-order valence-corrected chi connectivity index (χ0v) is 12.2. The smallest absolute Gasteiger partial charge is 0.359 e. The summed E-state index contributed by atoms with van der Waals surface area (Å²) in [7, 11) is 0. The van der Waals surface area contributed by atoms with E-state index >= 15 is 0 Å². The third kappa shape index (κ3) is 3.37. The van der Waals surface area contributed by atoms with Crippen molar-refractivity contribution in [2.45, 2.75) is 0 Å². The summed E-state index contributed by atoms with van der Waals surface area (Å²) < 4.78 is 32.7. The Hall–Kier alpha value is -3.29. The van der Waals surface area contributed by atoms with E-state index in [1.54, 1.807) is 28.8 Å². The van der Waals surface area contributed by atoms with Gasteiger partial charge in [-0.15, -0.1) is 0 Å². The number of nitrogens with one attached hydrogen (secondary N) is 1. The number of nitrogens with zero attached hydrogens (tertiary/aromatic N) is 2. The van der Waals surface area contributed by atoms with Gasteiger partial charge in [0.05, 0.1) is 5.69 Å². The maximum absolute atomic E-state index is 13.4. The van der Waals surface area contributed by atoms with E-state index in [0.717, 1.165) is 12.1 Å². The first kappa shape index (κ1) is 15.6. The van der Waals surface area contributed by atoms with E-state index in [1.807, 2.05) is 0 Å². The highest BCUT2D eigenvalue weighted by atomic mass is 19.1. The Labute approximate surface area is 134 Å². The number of ether oxygens (including phenoxy) is 1. The summed E-state index contributed by atoms with van der Waals surface area (Å²) in [6.07, 6.45) is 3.18. The summed E-state index contributed by atoms with van der Waals surface area (Å²) in [6, 6.07) is 7.96. The van der Waals surface area contributed by atoms with Crippen molar-refractivity contribution in [1.29, 1.82) is 0 Å². The van der Waals surface area contributed by atoms with Crippen molar-refractivity contribution in [3.05, 3.63) is 66.1 Å². The maximum atomic E-state index is 13.4. The largest absolute Gasteiger partial charge is 0.451 e. The van der Waals surface area contributed by atoms with Gasteiger partial charge in [0.1, 0.15) is 17.3 Å². The first-order chi connectivity index (χ1) is 11.5. The molecule has 3 rings (SSSR count). The molecule has 0 aliphatic carbocycles. The quantitative estimate of drug-likeness (QED) is 0.745. The van der Waals surface area contributed by atoms with Crippen molar-refractivity contribution in [3.8, 4) is 0 Å². The van der Waals surface area contributed by atoms with Crippen LogP contribution in [-0.2, 0) is 9.53 Å². The normalized spacial score (nSPS) is 10.6. The van der Waals surface area contributed by atoms with Gasteiger partial charge in [0.25, 0.3) is 5.91 Å². The first-order valence-electron chi connectivity index (χ1n) is 6.89. The summed E-state index contributed by atoms with van der Waals surface area (Å²) in [6.45, 7) is -0.622. The SMILES string of the molecule is O=C(COC(=O)c1cn2ccccc2n1)Nc1ccc(F)cc1F. The molecule has 8 heteroatoms. The summed E-state index contributed by atoms with van der Waals surface area (Å²) in [5.41, 5.74) is 0.398. The number of rotatable bonds is 4. The van der Waals surface area contributed by atoms with E-state index < -0.39 is 30.1 Å². The minimum atomic E-state index is -0.921. The fraction of sp³-hybridized carbons (Fsp3) is 0.0625. The predicted octanol–water partition coefficient (Wildman–Crippen LogP) is 2.41. The molecule has 122 valence electrons. The molecule has 6 nitrogen and oxygen atoms in total. The molecule has 0 aliphatic heterocycles. The van der Waals surface area contributed by atoms with E-state index in [0.29, 0.717) is 11.7 Å². The van der Waals surface area contributed by atoms with E-state index in [1.165, 1.54) is 6.20 Å². The van der Waals surface area contributed by atoms with Crippen LogP contribution in [-0.4, -0.2) is 27.9 Å². The lowest BCUT2D eigenvalue weighted by Gasteiger charge is -2.06. The summed E-state index contributed by atoms with van der Waals surface area (Å²) in [5.74, 6) is -3.22. The Kier molecular flexibility index (Phi) is 4.19. The van der Waals surface area contributed by atoms with Gasteiger partial charge in [0.2, 0.25) is 0 Å². The van der Waals surface area contributed by atoms with Crippen molar-refractivity contribution < 1.29 is 23.1 Å². The molecule has 1 aromatic carbocycles. The number of carbonyl (C=O) groups is 2. The average Bonchev–Trinajstić information content (AvgIpc) is 2.99. The van der Waals surface area contributed by atoms with Crippen LogP contribution in [0.2, 0.25) is 0 Å².